The van der Waals surface area contributed by atoms with Crippen LogP contribution in [0.5, 0.6) is 0 Å². The number of carbonyl (C=O) groups excluding carboxylic acids is 5. The first-order chi connectivity index (χ1) is 39.1. The van der Waals surface area contributed by atoms with Crippen LogP contribution in [0.3, 0.4) is 0 Å². The summed E-state index contributed by atoms with van der Waals surface area (Å²) in [7, 11) is 0. The van der Waals surface area contributed by atoms with Crippen LogP contribution in [0.25, 0.3) is 27.3 Å². The van der Waals surface area contributed by atoms with E-state index in [9.17, 15) is 29.1 Å². The quantitative estimate of drug-likeness (QED) is 0.0398. The maximum Gasteiger partial charge on any atom is 0.254 e. The van der Waals surface area contributed by atoms with Gasteiger partial charge < -0.3 is 50.4 Å². The molecule has 0 bridgehead atoms. The van der Waals surface area contributed by atoms with E-state index in [-0.39, 0.29) is 107 Å². The number of aromatic nitrogens is 6. The molecule has 2 aliphatic heterocycles. The maximum atomic E-state index is 15.6. The smallest absolute Gasteiger partial charge is 0.254 e. The van der Waals surface area contributed by atoms with Crippen molar-refractivity contribution >= 4 is 58.0 Å². The Hall–Kier alpha value is -7.22. The zero-order chi connectivity index (χ0) is 57.0. The molecule has 6 heterocycles. The van der Waals surface area contributed by atoms with Crippen LogP contribution in [0, 0.1) is 18.2 Å². The number of anilines is 2. The van der Waals surface area contributed by atoms with Crippen molar-refractivity contribution in [1.82, 2.24) is 60.2 Å². The number of halogens is 1. The molecule has 81 heavy (non-hydrogen) atoms. The fourth-order valence-corrected chi connectivity index (χ4v) is 10.6. The van der Waals surface area contributed by atoms with Crippen LogP contribution in [0.2, 0.25) is 0 Å². The summed E-state index contributed by atoms with van der Waals surface area (Å²) in [5, 5.41) is 29.3. The first-order valence-electron chi connectivity index (χ1n) is 27.6. The molecule has 2 saturated heterocycles. The number of amides is 5. The molecule has 1 aliphatic carbocycles. The van der Waals surface area contributed by atoms with Gasteiger partial charge in [0.1, 0.15) is 17.9 Å². The third-order valence-corrected chi connectivity index (χ3v) is 15.6. The van der Waals surface area contributed by atoms with Gasteiger partial charge in [-0.15, -0.1) is 11.3 Å². The Bertz CT molecular complexity index is 3120. The number of hydrogen-bond donors (Lipinski definition) is 6. The second kappa shape index (κ2) is 27.0. The monoisotopic (exact) mass is 1130 g/mol. The highest BCUT2D eigenvalue weighted by Gasteiger charge is 2.44. The number of nitrogens with one attached hydrogen (secondary N) is 5. The number of likely N-dealkylation sites (tertiary alicyclic amines) is 1. The molecule has 3 aliphatic rings. The number of aliphatic hydroxyl groups is 1. The van der Waals surface area contributed by atoms with Crippen LogP contribution in [0.15, 0.2) is 72.8 Å². The molecular formula is C57H72FN13O9S. The lowest BCUT2D eigenvalue weighted by Crippen LogP contribution is -2.57. The van der Waals surface area contributed by atoms with E-state index in [4.69, 9.17) is 19.2 Å². The van der Waals surface area contributed by atoms with E-state index in [2.05, 4.69) is 46.3 Å². The Morgan fingerprint density at radius 3 is 2.25 bits per heavy atom. The number of β-amino-alcohol motifs (C(OH)–C–C–N with tert-alkyl or cyclic N) is 1. The average molecular weight is 1130 g/mol. The normalized spacial score (nSPS) is 17.1. The fourth-order valence-electron chi connectivity index (χ4n) is 9.83. The van der Waals surface area contributed by atoms with Crippen molar-refractivity contribution in [2.45, 2.75) is 90.4 Å². The molecule has 5 amide bonds. The number of carbonyl (C=O) groups is 5. The number of aryl methyl sites for hydroxylation is 1. The van der Waals surface area contributed by atoms with Gasteiger partial charge in [-0.05, 0) is 54.5 Å². The summed E-state index contributed by atoms with van der Waals surface area (Å²) in [6.45, 7) is 12.3. The summed E-state index contributed by atoms with van der Waals surface area (Å²) in [6, 6.07) is 10.4. The number of hydrogen-bond acceptors (Lipinski definition) is 16. The van der Waals surface area contributed by atoms with Crippen LogP contribution in [-0.4, -0.2) is 183 Å². The molecular weight excluding hydrogens is 1060 g/mol. The van der Waals surface area contributed by atoms with Crippen molar-refractivity contribution in [2.24, 2.45) is 5.41 Å². The second-order valence-electron chi connectivity index (χ2n) is 21.7. The number of aliphatic hydroxyl groups excluding tert-OH is 1. The van der Waals surface area contributed by atoms with Gasteiger partial charge in [-0.3, -0.25) is 38.4 Å². The summed E-state index contributed by atoms with van der Waals surface area (Å²) in [6.07, 6.45) is 8.70. The zero-order valence-electron chi connectivity index (χ0n) is 46.2. The molecule has 2 aromatic carbocycles. The summed E-state index contributed by atoms with van der Waals surface area (Å²) in [5.74, 6) is -1.40. The SMILES string of the molecule is Cc1ncsc1-c1ccc(CNC(=O)[C@@H]2C[C@@H](O)CN2C(=O)[C@@H](NC(=O)CCOCCOCCOCCC(=O)NCCN2CCN(C(=O)c3ccc(Nc4nc(C5CC5)cn5c(-c6cn[nH]c6)cnc45)c(F)c3)CC2)C(C)(C)C)cc1. The topological polar surface area (TPSA) is 263 Å². The van der Waals surface area contributed by atoms with Crippen LogP contribution in [-0.2, 0) is 39.9 Å². The van der Waals surface area contributed by atoms with Gasteiger partial charge >= 0.3 is 0 Å². The highest BCUT2D eigenvalue weighted by Crippen LogP contribution is 2.41. The van der Waals surface area contributed by atoms with E-state index >= 15 is 4.39 Å². The van der Waals surface area contributed by atoms with Crippen LogP contribution in [0.1, 0.15) is 86.1 Å². The highest BCUT2D eigenvalue weighted by atomic mass is 32.1. The minimum Gasteiger partial charge on any atom is -0.391 e. The van der Waals surface area contributed by atoms with Gasteiger partial charge in [0, 0.05) is 101 Å². The van der Waals surface area contributed by atoms with Gasteiger partial charge in [-0.25, -0.2) is 19.3 Å². The fraction of sp³-hybridized carbons (Fsp3) is 0.491. The van der Waals surface area contributed by atoms with E-state index in [1.807, 2.05) is 62.6 Å². The summed E-state index contributed by atoms with van der Waals surface area (Å²) in [5.41, 5.74) is 7.59. The molecule has 0 radical (unpaired) electrons. The number of imidazole rings is 1. The van der Waals surface area contributed by atoms with Gasteiger partial charge in [-0.2, -0.15) is 5.10 Å². The minimum atomic E-state index is -0.952. The number of aromatic amines is 1. The van der Waals surface area contributed by atoms with Gasteiger partial charge in [0.15, 0.2) is 11.5 Å². The second-order valence-corrected chi connectivity index (χ2v) is 22.6. The van der Waals surface area contributed by atoms with E-state index < -0.39 is 35.3 Å². The minimum absolute atomic E-state index is 0.00265. The number of benzene rings is 2. The molecule has 432 valence electrons. The maximum absolute atomic E-state index is 15.6. The standard InChI is InChI=1S/C57H72FN13O9S/c1-36-50(81-35-62-36)39-7-5-37(6-8-39)29-61-54(75)46-28-42(72)33-71(46)56(77)51(57(2,3)4)67-49(74)14-22-79-24-26-80-25-23-78-21-13-48(73)59-15-16-68-17-19-69(20-18-68)55(76)40-11-12-44(43(58)27-40)65-52-53-60-32-47(41-30-63-64-31-41)70(53)34-45(66-52)38-9-10-38/h5-8,11-12,27,30-32,34-35,38,42,46,51,72H,9-10,13-26,28-29,33H2,1-4H3,(H,59,73)(H,61,75)(H,63,64)(H,65,66)(H,67,74)/t42-,46+,51-/m1/s1. The molecule has 3 atom stereocenters. The predicted molar refractivity (Wildman–Crippen MR) is 301 cm³/mol. The number of H-pyrrole nitrogens is 1. The lowest BCUT2D eigenvalue weighted by molar-refractivity contribution is -0.144. The molecule has 6 N–H and O–H groups in total. The molecule has 0 unspecified atom stereocenters. The Morgan fingerprint density at radius 1 is 0.877 bits per heavy atom. The molecule has 6 aromatic rings. The van der Waals surface area contributed by atoms with Crippen LogP contribution in [0.4, 0.5) is 15.9 Å². The Balaban J connectivity index is 0.597. The van der Waals surface area contributed by atoms with Crippen LogP contribution < -0.4 is 21.3 Å². The third kappa shape index (κ3) is 15.4. The van der Waals surface area contributed by atoms with Crippen LogP contribution >= 0.6 is 11.3 Å². The molecule has 1 saturated carbocycles. The number of fused-ring (bicyclic) bond motifs is 1. The predicted octanol–water partition coefficient (Wildman–Crippen LogP) is 4.82. The average Bonchev–Trinajstić information content (AvgIpc) is 3.92. The van der Waals surface area contributed by atoms with Gasteiger partial charge in [0.25, 0.3) is 5.91 Å². The third-order valence-electron chi connectivity index (χ3n) is 14.6. The first-order valence-corrected chi connectivity index (χ1v) is 28.5. The van der Waals surface area contributed by atoms with Crippen molar-refractivity contribution in [3.05, 3.63) is 101 Å². The van der Waals surface area contributed by atoms with Crippen molar-refractivity contribution in [1.29, 1.82) is 0 Å². The van der Waals surface area contributed by atoms with E-state index in [1.165, 1.54) is 11.0 Å². The lowest BCUT2D eigenvalue weighted by atomic mass is 9.85. The number of nitrogens with zero attached hydrogens (tertiary/aromatic N) is 8. The Morgan fingerprint density at radius 2 is 1.59 bits per heavy atom. The summed E-state index contributed by atoms with van der Waals surface area (Å²) >= 11 is 1.57. The zero-order valence-corrected chi connectivity index (χ0v) is 47.1. The number of ether oxygens (including phenoxy) is 3. The molecule has 22 nitrogen and oxygen atoms in total. The van der Waals surface area contributed by atoms with Gasteiger partial charge in [0.05, 0.1) is 91.3 Å². The number of thiazole rings is 1. The van der Waals surface area contributed by atoms with E-state index in [1.54, 1.807) is 52.5 Å². The van der Waals surface area contributed by atoms with Crippen molar-refractivity contribution < 1.29 is 47.7 Å². The molecule has 24 heteroatoms. The Kier molecular flexibility index (Phi) is 19.5. The van der Waals surface area contributed by atoms with E-state index in [0.717, 1.165) is 51.5 Å². The molecule has 3 fully saturated rings. The van der Waals surface area contributed by atoms with Crippen molar-refractivity contribution in [2.75, 3.05) is 90.8 Å². The summed E-state index contributed by atoms with van der Waals surface area (Å²) in [4.78, 5) is 86.5. The van der Waals surface area contributed by atoms with Crippen molar-refractivity contribution in [3.63, 3.8) is 0 Å². The van der Waals surface area contributed by atoms with Gasteiger partial charge in [-0.1, -0.05) is 45.0 Å². The summed E-state index contributed by atoms with van der Waals surface area (Å²) < 4.78 is 34.3. The lowest BCUT2D eigenvalue weighted by Gasteiger charge is -2.35. The Labute approximate surface area is 473 Å². The largest absolute Gasteiger partial charge is 0.391 e. The molecule has 9 rings (SSSR count). The molecule has 4 aromatic heterocycles. The van der Waals surface area contributed by atoms with E-state index in [0.29, 0.717) is 56.7 Å². The number of piperazine rings is 1. The van der Waals surface area contributed by atoms with Crippen molar-refractivity contribution in [3.8, 4) is 21.7 Å². The first kappa shape index (κ1) is 58.4. The molecule has 0 spiro atoms. The number of rotatable bonds is 26. The van der Waals surface area contributed by atoms with Gasteiger partial charge in [0.2, 0.25) is 23.6 Å². The highest BCUT2D eigenvalue weighted by molar-refractivity contribution is 7.13.